The van der Waals surface area contributed by atoms with E-state index < -0.39 is 15.6 Å². The molecule has 0 fully saturated rings. The number of thiophene rings is 1. The van der Waals surface area contributed by atoms with Crippen molar-refractivity contribution in [2.45, 2.75) is 23.7 Å². The zero-order valence-corrected chi connectivity index (χ0v) is 12.6. The van der Waals surface area contributed by atoms with Gasteiger partial charge in [0.1, 0.15) is 4.21 Å². The average molecular weight is 349 g/mol. The second kappa shape index (κ2) is 4.91. The van der Waals surface area contributed by atoms with E-state index in [-0.39, 0.29) is 10.8 Å². The van der Waals surface area contributed by atoms with E-state index in [1.54, 1.807) is 0 Å². The zero-order valence-electron chi connectivity index (χ0n) is 8.62. The van der Waals surface area contributed by atoms with Crippen LogP contribution >= 0.6 is 38.9 Å². The van der Waals surface area contributed by atoms with Crippen LogP contribution in [0.5, 0.6) is 0 Å². The maximum absolute atomic E-state index is 11.8. The Balaban J connectivity index is 2.87. The molecule has 0 aliphatic rings. The van der Waals surface area contributed by atoms with E-state index in [0.29, 0.717) is 8.81 Å². The van der Waals surface area contributed by atoms with Gasteiger partial charge in [-0.25, -0.2) is 13.1 Å². The molecule has 2 N–H and O–H groups in total. The van der Waals surface area contributed by atoms with Crippen LogP contribution in [0.1, 0.15) is 13.8 Å². The molecule has 1 aromatic rings. The summed E-state index contributed by atoms with van der Waals surface area (Å²) in [6.45, 7) is 2.99. The number of hydrogen-bond acceptors (Lipinski definition) is 4. The summed E-state index contributed by atoms with van der Waals surface area (Å²) >= 11 is 9.92. The van der Waals surface area contributed by atoms with Crippen LogP contribution in [-0.2, 0) is 10.0 Å². The fourth-order valence-corrected chi connectivity index (χ4v) is 4.45. The first-order chi connectivity index (χ1) is 7.12. The second-order valence-electron chi connectivity index (χ2n) is 3.82. The van der Waals surface area contributed by atoms with E-state index in [2.05, 4.69) is 20.7 Å². The highest BCUT2D eigenvalue weighted by Gasteiger charge is 2.22. The summed E-state index contributed by atoms with van der Waals surface area (Å²) in [6.07, 6.45) is 0. The summed E-state index contributed by atoms with van der Waals surface area (Å²) in [4.78, 5) is 0. The Labute approximate surface area is 112 Å². The molecular weight excluding hydrogens is 338 g/mol. The molecule has 0 unspecified atom stereocenters. The quantitative estimate of drug-likeness (QED) is 0.877. The molecule has 1 rings (SSSR count). The van der Waals surface area contributed by atoms with Crippen LogP contribution in [0.15, 0.2) is 14.1 Å². The van der Waals surface area contributed by atoms with E-state index in [1.165, 1.54) is 19.9 Å². The highest BCUT2D eigenvalue weighted by Crippen LogP contribution is 2.34. The van der Waals surface area contributed by atoms with Gasteiger partial charge in [0.15, 0.2) is 0 Å². The minimum atomic E-state index is -3.60. The lowest BCUT2D eigenvalue weighted by Gasteiger charge is -2.17. The van der Waals surface area contributed by atoms with Crippen LogP contribution < -0.4 is 4.72 Å². The number of hydrogen-bond donors (Lipinski definition) is 2. The van der Waals surface area contributed by atoms with Crippen LogP contribution in [0, 0.1) is 0 Å². The molecule has 0 aliphatic heterocycles. The van der Waals surface area contributed by atoms with Gasteiger partial charge in [-0.3, -0.25) is 0 Å². The van der Waals surface area contributed by atoms with Gasteiger partial charge in [-0.1, -0.05) is 11.6 Å². The van der Waals surface area contributed by atoms with E-state index in [4.69, 9.17) is 11.6 Å². The van der Waals surface area contributed by atoms with Crippen molar-refractivity contribution in [3.05, 3.63) is 14.9 Å². The zero-order chi connectivity index (χ0) is 12.6. The summed E-state index contributed by atoms with van der Waals surface area (Å²) in [5.41, 5.74) is -1.09. The molecule has 0 radical (unpaired) electrons. The highest BCUT2D eigenvalue weighted by atomic mass is 79.9. The number of halogens is 2. The van der Waals surface area contributed by atoms with Crippen LogP contribution in [0.4, 0.5) is 0 Å². The molecule has 1 aromatic heterocycles. The highest BCUT2D eigenvalue weighted by molar-refractivity contribution is 9.11. The molecule has 92 valence electrons. The van der Waals surface area contributed by atoms with E-state index in [9.17, 15) is 13.5 Å². The van der Waals surface area contributed by atoms with Gasteiger partial charge in [0.05, 0.1) is 14.4 Å². The van der Waals surface area contributed by atoms with E-state index in [0.717, 1.165) is 11.3 Å². The molecule has 0 saturated heterocycles. The summed E-state index contributed by atoms with van der Waals surface area (Å²) in [5, 5.41) is 9.78. The molecule has 0 atom stereocenters. The fraction of sp³-hybridized carbons (Fsp3) is 0.500. The monoisotopic (exact) mass is 347 g/mol. The van der Waals surface area contributed by atoms with Gasteiger partial charge in [0, 0.05) is 6.54 Å². The minimum absolute atomic E-state index is 0.0531. The van der Waals surface area contributed by atoms with Crippen LogP contribution in [-0.4, -0.2) is 25.7 Å². The van der Waals surface area contributed by atoms with Crippen LogP contribution in [0.2, 0.25) is 5.02 Å². The minimum Gasteiger partial charge on any atom is -0.389 e. The molecular formula is C8H11BrClNO3S2. The first kappa shape index (κ1) is 14.4. The van der Waals surface area contributed by atoms with Crippen molar-refractivity contribution in [3.63, 3.8) is 0 Å². The van der Waals surface area contributed by atoms with E-state index in [1.807, 2.05) is 0 Å². The Bertz CT molecular complexity index is 458. The molecule has 0 aromatic carbocycles. The predicted octanol–water partition coefficient (Wildman–Crippen LogP) is 2.21. The lowest BCUT2D eigenvalue weighted by atomic mass is 10.1. The maximum Gasteiger partial charge on any atom is 0.250 e. The molecule has 0 saturated carbocycles. The molecule has 0 spiro atoms. The van der Waals surface area contributed by atoms with Crippen LogP contribution in [0.3, 0.4) is 0 Å². The lowest BCUT2D eigenvalue weighted by Crippen LogP contribution is -2.37. The third-order valence-corrected chi connectivity index (χ3v) is 5.93. The topological polar surface area (TPSA) is 66.4 Å². The van der Waals surface area contributed by atoms with Gasteiger partial charge in [-0.2, -0.15) is 0 Å². The molecule has 0 amide bonds. The van der Waals surface area contributed by atoms with Crippen molar-refractivity contribution in [3.8, 4) is 0 Å². The van der Waals surface area contributed by atoms with Crippen molar-refractivity contribution in [2.24, 2.45) is 0 Å². The summed E-state index contributed by atoms with van der Waals surface area (Å²) in [6, 6.07) is 1.36. The Morgan fingerprint density at radius 3 is 2.56 bits per heavy atom. The Morgan fingerprint density at radius 2 is 2.19 bits per heavy atom. The smallest absolute Gasteiger partial charge is 0.250 e. The van der Waals surface area contributed by atoms with E-state index >= 15 is 0 Å². The van der Waals surface area contributed by atoms with Crippen LogP contribution in [0.25, 0.3) is 0 Å². The van der Waals surface area contributed by atoms with Gasteiger partial charge in [0.25, 0.3) is 0 Å². The predicted molar refractivity (Wildman–Crippen MR) is 68.5 cm³/mol. The van der Waals surface area contributed by atoms with Gasteiger partial charge >= 0.3 is 0 Å². The number of sulfonamides is 1. The lowest BCUT2D eigenvalue weighted by molar-refractivity contribution is 0.0857. The molecule has 0 aliphatic carbocycles. The standard InChI is InChI=1S/C8H11BrClNO3S2/c1-8(2,12)4-11-16(13,14)6-3-5(10)7(9)15-6/h3,11-12H,4H2,1-2H3. The molecule has 1 heterocycles. The first-order valence-electron chi connectivity index (χ1n) is 4.29. The molecule has 8 heteroatoms. The Hall–Kier alpha value is 0.340. The van der Waals surface area contributed by atoms with Gasteiger partial charge in [0.2, 0.25) is 10.0 Å². The van der Waals surface area contributed by atoms with Crippen molar-refractivity contribution < 1.29 is 13.5 Å². The molecule has 4 nitrogen and oxygen atoms in total. The molecule has 16 heavy (non-hydrogen) atoms. The first-order valence-corrected chi connectivity index (χ1v) is 7.76. The van der Waals surface area contributed by atoms with Gasteiger partial charge in [-0.05, 0) is 35.8 Å². The second-order valence-corrected chi connectivity index (χ2v) is 8.60. The SMILES string of the molecule is CC(C)(O)CNS(=O)(=O)c1cc(Cl)c(Br)s1. The number of aliphatic hydroxyl groups is 1. The Morgan fingerprint density at radius 1 is 1.62 bits per heavy atom. The van der Waals surface area contributed by atoms with Gasteiger partial charge in [-0.15, -0.1) is 11.3 Å². The summed E-state index contributed by atoms with van der Waals surface area (Å²) in [7, 11) is -3.60. The van der Waals surface area contributed by atoms with Crippen molar-refractivity contribution in [1.82, 2.24) is 4.72 Å². The third kappa shape index (κ3) is 3.97. The van der Waals surface area contributed by atoms with Crippen molar-refractivity contribution in [1.29, 1.82) is 0 Å². The summed E-state index contributed by atoms with van der Waals surface area (Å²) < 4.78 is 26.5. The largest absolute Gasteiger partial charge is 0.389 e. The van der Waals surface area contributed by atoms with Crippen molar-refractivity contribution in [2.75, 3.05) is 6.54 Å². The number of rotatable bonds is 4. The van der Waals surface area contributed by atoms with Crippen molar-refractivity contribution >= 4 is 48.9 Å². The average Bonchev–Trinajstić information content (AvgIpc) is 2.44. The third-order valence-electron chi connectivity index (χ3n) is 1.58. The fourth-order valence-electron chi connectivity index (χ4n) is 0.802. The summed E-state index contributed by atoms with van der Waals surface area (Å²) in [5.74, 6) is 0. The normalized spacial score (nSPS) is 13.1. The van der Waals surface area contributed by atoms with Gasteiger partial charge < -0.3 is 5.11 Å². The maximum atomic E-state index is 11.8. The Kier molecular flexibility index (Phi) is 4.42. The number of nitrogens with one attached hydrogen (secondary N) is 1. The molecule has 0 bridgehead atoms.